The number of amides is 1. The molecule has 0 saturated carbocycles. The molecule has 23 heavy (non-hydrogen) atoms. The van der Waals surface area contributed by atoms with Gasteiger partial charge in [0.25, 0.3) is 0 Å². The van der Waals surface area contributed by atoms with Crippen LogP contribution in [0.2, 0.25) is 5.02 Å². The Labute approximate surface area is 143 Å². The average Bonchev–Trinajstić information content (AvgIpc) is 2.52. The lowest BCUT2D eigenvalue weighted by Gasteiger charge is -2.31. The molecule has 1 saturated heterocycles. The second-order valence-corrected chi connectivity index (χ2v) is 6.73. The lowest BCUT2D eigenvalue weighted by atomic mass is 9.93. The molecule has 1 amide bonds. The fourth-order valence-electron chi connectivity index (χ4n) is 3.02. The number of hydrogen-bond acceptors (Lipinski definition) is 3. The van der Waals surface area contributed by atoms with Crippen molar-refractivity contribution >= 4 is 23.6 Å². The molecule has 1 heterocycles. The molecular weight excluding hydrogens is 312 g/mol. The molecule has 1 aromatic carbocycles. The van der Waals surface area contributed by atoms with E-state index in [2.05, 4.69) is 17.1 Å². The first-order chi connectivity index (χ1) is 11.0. The van der Waals surface area contributed by atoms with E-state index in [1.54, 1.807) is 25.2 Å². The lowest BCUT2D eigenvalue weighted by molar-refractivity contribution is -0.121. The third kappa shape index (κ3) is 5.56. The number of carbonyl (C=O) groups excluding carboxylic acids is 1. The Morgan fingerprint density at radius 3 is 2.78 bits per heavy atom. The maximum absolute atomic E-state index is 11.4. The molecule has 2 N–H and O–H groups in total. The van der Waals surface area contributed by atoms with Gasteiger partial charge in [0.15, 0.2) is 0 Å². The number of phenols is 1. The third-order valence-electron chi connectivity index (χ3n) is 4.32. The first-order valence-electron chi connectivity index (χ1n) is 8.06. The normalized spacial score (nSPS) is 17.3. The van der Waals surface area contributed by atoms with Crippen molar-refractivity contribution in [1.29, 1.82) is 0 Å². The van der Waals surface area contributed by atoms with Crippen molar-refractivity contribution in [3.05, 3.63) is 34.4 Å². The molecule has 5 heteroatoms. The van der Waals surface area contributed by atoms with Gasteiger partial charge in [0.1, 0.15) is 5.75 Å². The van der Waals surface area contributed by atoms with Crippen molar-refractivity contribution < 1.29 is 9.90 Å². The van der Waals surface area contributed by atoms with E-state index in [1.807, 2.05) is 6.08 Å². The van der Waals surface area contributed by atoms with Crippen molar-refractivity contribution in [3.8, 4) is 5.75 Å². The summed E-state index contributed by atoms with van der Waals surface area (Å²) in [5.74, 6) is 0.876. The molecule has 0 aromatic heterocycles. The van der Waals surface area contributed by atoms with E-state index in [-0.39, 0.29) is 11.7 Å². The van der Waals surface area contributed by atoms with Crippen molar-refractivity contribution in [2.24, 2.45) is 5.92 Å². The van der Waals surface area contributed by atoms with Crippen LogP contribution in [0, 0.1) is 5.92 Å². The number of likely N-dealkylation sites (tertiary alicyclic amines) is 1. The maximum atomic E-state index is 11.4. The van der Waals surface area contributed by atoms with Crippen LogP contribution in [0.3, 0.4) is 0 Å². The first kappa shape index (κ1) is 17.8. The SMILES string of the molecule is CNC(=O)CC1CCN(C/C(C)=C/c2cc(Cl)ccc2O)CC1. The van der Waals surface area contributed by atoms with Gasteiger partial charge in [-0.2, -0.15) is 0 Å². The number of nitrogens with zero attached hydrogens (tertiary/aromatic N) is 1. The van der Waals surface area contributed by atoms with Crippen LogP contribution in [0.5, 0.6) is 5.75 Å². The number of nitrogens with one attached hydrogen (secondary N) is 1. The van der Waals surface area contributed by atoms with Crippen LogP contribution >= 0.6 is 11.6 Å². The second-order valence-electron chi connectivity index (χ2n) is 6.29. The second kappa shape index (κ2) is 8.37. The molecule has 0 unspecified atom stereocenters. The van der Waals surface area contributed by atoms with Crippen molar-refractivity contribution in [1.82, 2.24) is 10.2 Å². The number of halogens is 1. The first-order valence-corrected chi connectivity index (χ1v) is 8.44. The summed E-state index contributed by atoms with van der Waals surface area (Å²) in [6, 6.07) is 5.07. The molecule has 0 spiro atoms. The van der Waals surface area contributed by atoms with Crippen LogP contribution in [0.15, 0.2) is 23.8 Å². The number of rotatable bonds is 5. The highest BCUT2D eigenvalue weighted by molar-refractivity contribution is 6.30. The molecular formula is C18H25ClN2O2. The highest BCUT2D eigenvalue weighted by Crippen LogP contribution is 2.25. The van der Waals surface area contributed by atoms with E-state index < -0.39 is 0 Å². The predicted octanol–water partition coefficient (Wildman–Crippen LogP) is 3.30. The minimum absolute atomic E-state index is 0.135. The minimum atomic E-state index is 0.135. The predicted molar refractivity (Wildman–Crippen MR) is 94.6 cm³/mol. The van der Waals surface area contributed by atoms with E-state index in [4.69, 9.17) is 11.6 Å². The molecule has 1 aliphatic rings. The van der Waals surface area contributed by atoms with Crippen molar-refractivity contribution in [3.63, 3.8) is 0 Å². The van der Waals surface area contributed by atoms with Gasteiger partial charge in [-0.1, -0.05) is 23.3 Å². The van der Waals surface area contributed by atoms with Crippen LogP contribution in [0.1, 0.15) is 31.7 Å². The molecule has 0 bridgehead atoms. The largest absolute Gasteiger partial charge is 0.507 e. The smallest absolute Gasteiger partial charge is 0.220 e. The molecule has 0 radical (unpaired) electrons. The Bertz CT molecular complexity index is 578. The highest BCUT2D eigenvalue weighted by atomic mass is 35.5. The summed E-state index contributed by atoms with van der Waals surface area (Å²) < 4.78 is 0. The van der Waals surface area contributed by atoms with Gasteiger partial charge in [-0.3, -0.25) is 9.69 Å². The Kier molecular flexibility index (Phi) is 6.48. The Morgan fingerprint density at radius 2 is 2.13 bits per heavy atom. The quantitative estimate of drug-likeness (QED) is 0.867. The van der Waals surface area contributed by atoms with Gasteiger partial charge in [0.05, 0.1) is 0 Å². The van der Waals surface area contributed by atoms with Gasteiger partial charge < -0.3 is 10.4 Å². The zero-order chi connectivity index (χ0) is 16.8. The monoisotopic (exact) mass is 336 g/mol. The van der Waals surface area contributed by atoms with Crippen molar-refractivity contribution in [2.75, 3.05) is 26.7 Å². The Balaban J connectivity index is 1.87. The number of carbonyl (C=O) groups is 1. The molecule has 1 fully saturated rings. The number of phenolic OH excluding ortho intramolecular Hbond substituents is 1. The standard InChI is InChI=1S/C18H25ClN2O2/c1-13(9-15-11-16(19)3-4-17(15)22)12-21-7-5-14(6-8-21)10-18(23)20-2/h3-4,9,11,14,22H,5-8,10,12H2,1-2H3,(H,20,23)/b13-9+. The molecule has 126 valence electrons. The van der Waals surface area contributed by atoms with E-state index in [9.17, 15) is 9.90 Å². The fourth-order valence-corrected chi connectivity index (χ4v) is 3.20. The number of aromatic hydroxyl groups is 1. The summed E-state index contributed by atoms with van der Waals surface area (Å²) in [4.78, 5) is 13.8. The lowest BCUT2D eigenvalue weighted by Crippen LogP contribution is -2.36. The summed E-state index contributed by atoms with van der Waals surface area (Å²) in [7, 11) is 1.69. The van der Waals surface area contributed by atoms with Crippen LogP contribution < -0.4 is 5.32 Å². The molecule has 2 rings (SSSR count). The summed E-state index contributed by atoms with van der Waals surface area (Å²) >= 11 is 5.98. The molecule has 1 aromatic rings. The van der Waals surface area contributed by atoms with Gasteiger partial charge in [-0.15, -0.1) is 0 Å². The summed E-state index contributed by atoms with van der Waals surface area (Å²) in [5, 5.41) is 13.2. The summed E-state index contributed by atoms with van der Waals surface area (Å²) in [6.45, 7) is 4.96. The van der Waals surface area contributed by atoms with Crippen molar-refractivity contribution in [2.45, 2.75) is 26.2 Å². The van der Waals surface area contributed by atoms with Gasteiger partial charge in [0.2, 0.25) is 5.91 Å². The van der Waals surface area contributed by atoms with E-state index in [0.29, 0.717) is 17.4 Å². The van der Waals surface area contributed by atoms with Crippen LogP contribution in [-0.4, -0.2) is 42.6 Å². The fraction of sp³-hybridized carbons (Fsp3) is 0.500. The van der Waals surface area contributed by atoms with Crippen LogP contribution in [-0.2, 0) is 4.79 Å². The zero-order valence-electron chi connectivity index (χ0n) is 13.8. The topological polar surface area (TPSA) is 52.6 Å². The number of piperidine rings is 1. The minimum Gasteiger partial charge on any atom is -0.507 e. The summed E-state index contributed by atoms with van der Waals surface area (Å²) in [6.07, 6.45) is 4.74. The van der Waals surface area contributed by atoms with E-state index in [0.717, 1.165) is 38.0 Å². The van der Waals surface area contributed by atoms with Gasteiger partial charge in [-0.25, -0.2) is 0 Å². The highest BCUT2D eigenvalue weighted by Gasteiger charge is 2.21. The number of hydrogen-bond donors (Lipinski definition) is 2. The van der Waals surface area contributed by atoms with Crippen LogP contribution in [0.25, 0.3) is 6.08 Å². The molecule has 1 aliphatic heterocycles. The summed E-state index contributed by atoms with van der Waals surface area (Å²) in [5.41, 5.74) is 1.94. The van der Waals surface area contributed by atoms with Gasteiger partial charge in [0, 0.05) is 30.6 Å². The maximum Gasteiger partial charge on any atom is 0.220 e. The molecule has 4 nitrogen and oxygen atoms in total. The third-order valence-corrected chi connectivity index (χ3v) is 4.56. The molecule has 0 aliphatic carbocycles. The Morgan fingerprint density at radius 1 is 1.43 bits per heavy atom. The van der Waals surface area contributed by atoms with Gasteiger partial charge in [-0.05, 0) is 57.0 Å². The van der Waals surface area contributed by atoms with Gasteiger partial charge >= 0.3 is 0 Å². The van der Waals surface area contributed by atoms with Crippen LogP contribution in [0.4, 0.5) is 0 Å². The zero-order valence-corrected chi connectivity index (χ0v) is 14.6. The average molecular weight is 337 g/mol. The van der Waals surface area contributed by atoms with E-state index in [1.165, 1.54) is 5.57 Å². The van der Waals surface area contributed by atoms with E-state index >= 15 is 0 Å². The number of benzene rings is 1. The molecule has 0 atom stereocenters. The Hall–Kier alpha value is -1.52.